The van der Waals surface area contributed by atoms with Gasteiger partial charge in [-0.2, -0.15) is 0 Å². The van der Waals surface area contributed by atoms with Gasteiger partial charge in [0.05, 0.1) is 0 Å². The molecule has 0 fully saturated rings. The molecule has 0 saturated heterocycles. The van der Waals surface area contributed by atoms with Gasteiger partial charge in [-0.3, -0.25) is 9.59 Å². The van der Waals surface area contributed by atoms with E-state index in [2.05, 4.69) is 33.0 Å². The lowest BCUT2D eigenvalue weighted by Crippen LogP contribution is -2.44. The molecule has 0 spiro atoms. The van der Waals surface area contributed by atoms with Gasteiger partial charge in [0.15, 0.2) is 0 Å². The fourth-order valence-corrected chi connectivity index (χ4v) is 2.34. The first-order valence-electron chi connectivity index (χ1n) is 6.94. The molecule has 4 heteroatoms. The topological polar surface area (TPSA) is 66.4 Å². The van der Waals surface area contributed by atoms with Gasteiger partial charge < -0.3 is 10.4 Å². The van der Waals surface area contributed by atoms with Gasteiger partial charge in [-0.25, -0.2) is 0 Å². The van der Waals surface area contributed by atoms with E-state index in [1.54, 1.807) is 0 Å². The Balaban J connectivity index is 4.19. The van der Waals surface area contributed by atoms with Crippen LogP contribution in [0.15, 0.2) is 0 Å². The normalized spacial score (nSPS) is 14.0. The summed E-state index contributed by atoms with van der Waals surface area (Å²) in [6.45, 7) is 12.3. The highest BCUT2D eigenvalue weighted by Crippen LogP contribution is 2.26. The van der Waals surface area contributed by atoms with Crippen molar-refractivity contribution >= 4 is 11.9 Å². The van der Waals surface area contributed by atoms with Crippen molar-refractivity contribution < 1.29 is 14.7 Å². The lowest BCUT2D eigenvalue weighted by Gasteiger charge is -2.28. The molecule has 112 valence electrons. The highest BCUT2D eigenvalue weighted by Gasteiger charge is 2.23. The molecule has 1 amide bonds. The maximum atomic E-state index is 11.9. The fraction of sp³-hybridized carbons (Fsp3) is 0.867. The summed E-state index contributed by atoms with van der Waals surface area (Å²) in [6, 6.07) is 0. The quantitative estimate of drug-likeness (QED) is 0.747. The van der Waals surface area contributed by atoms with Crippen LogP contribution in [-0.2, 0) is 9.59 Å². The lowest BCUT2D eigenvalue weighted by atomic mass is 9.84. The average Bonchev–Trinajstić information content (AvgIpc) is 2.09. The predicted molar refractivity (Wildman–Crippen MR) is 76.9 cm³/mol. The van der Waals surface area contributed by atoms with Crippen LogP contribution in [-0.4, -0.2) is 22.5 Å². The molecule has 0 aliphatic heterocycles. The van der Waals surface area contributed by atoms with Crippen LogP contribution in [0, 0.1) is 11.3 Å². The Hall–Kier alpha value is -1.06. The van der Waals surface area contributed by atoms with Crippen LogP contribution in [0.3, 0.4) is 0 Å². The van der Waals surface area contributed by atoms with Gasteiger partial charge in [0.25, 0.3) is 0 Å². The lowest BCUT2D eigenvalue weighted by molar-refractivity contribution is -0.138. The zero-order valence-electron chi connectivity index (χ0n) is 13.2. The fourth-order valence-electron chi connectivity index (χ4n) is 2.34. The Bertz CT molecular complexity index is 316. The molecular formula is C15H29NO3. The molecule has 0 aromatic carbocycles. The van der Waals surface area contributed by atoms with E-state index >= 15 is 0 Å². The molecule has 0 bridgehead atoms. The first-order chi connectivity index (χ1) is 8.41. The molecule has 0 saturated carbocycles. The maximum absolute atomic E-state index is 11.9. The molecule has 0 radical (unpaired) electrons. The Kier molecular flexibility index (Phi) is 6.53. The molecule has 2 N–H and O–H groups in total. The molecule has 19 heavy (non-hydrogen) atoms. The van der Waals surface area contributed by atoms with Crippen LogP contribution in [0.2, 0.25) is 0 Å². The number of hydrogen-bond donors (Lipinski definition) is 2. The first-order valence-corrected chi connectivity index (χ1v) is 6.94. The maximum Gasteiger partial charge on any atom is 0.303 e. The van der Waals surface area contributed by atoms with Crippen molar-refractivity contribution in [3.8, 4) is 0 Å². The summed E-state index contributed by atoms with van der Waals surface area (Å²) in [5.74, 6) is -0.495. The third-order valence-electron chi connectivity index (χ3n) is 2.94. The van der Waals surface area contributed by atoms with E-state index < -0.39 is 11.5 Å². The second kappa shape index (κ2) is 6.92. The molecule has 0 aromatic rings. The summed E-state index contributed by atoms with van der Waals surface area (Å²) < 4.78 is 0. The summed E-state index contributed by atoms with van der Waals surface area (Å²) in [7, 11) is 0. The Morgan fingerprint density at radius 3 is 2.11 bits per heavy atom. The largest absolute Gasteiger partial charge is 0.481 e. The number of nitrogens with one attached hydrogen (secondary N) is 1. The van der Waals surface area contributed by atoms with E-state index in [4.69, 9.17) is 5.11 Å². The SMILES string of the molecule is CC(CC(=O)NC(C)(C)CCC(=O)O)CC(C)(C)C. The van der Waals surface area contributed by atoms with Crippen molar-refractivity contribution in [2.45, 2.75) is 72.8 Å². The number of rotatable bonds is 7. The van der Waals surface area contributed by atoms with E-state index in [-0.39, 0.29) is 17.7 Å². The van der Waals surface area contributed by atoms with Crippen molar-refractivity contribution in [1.29, 1.82) is 0 Å². The molecule has 0 aromatic heterocycles. The smallest absolute Gasteiger partial charge is 0.303 e. The third-order valence-corrected chi connectivity index (χ3v) is 2.94. The van der Waals surface area contributed by atoms with Crippen LogP contribution in [0.25, 0.3) is 0 Å². The number of carboxylic acid groups (broad SMARTS) is 1. The van der Waals surface area contributed by atoms with Gasteiger partial charge in [-0.05, 0) is 38.0 Å². The van der Waals surface area contributed by atoms with E-state index in [0.29, 0.717) is 18.8 Å². The highest BCUT2D eigenvalue weighted by molar-refractivity contribution is 5.77. The highest BCUT2D eigenvalue weighted by atomic mass is 16.4. The van der Waals surface area contributed by atoms with E-state index in [1.807, 2.05) is 13.8 Å². The Labute approximate surface area is 117 Å². The minimum atomic E-state index is -0.830. The van der Waals surface area contributed by atoms with E-state index in [0.717, 1.165) is 6.42 Å². The minimum Gasteiger partial charge on any atom is -0.481 e. The second-order valence-corrected chi connectivity index (χ2v) is 7.40. The molecule has 0 rings (SSSR count). The third kappa shape index (κ3) is 10.5. The molecule has 4 nitrogen and oxygen atoms in total. The van der Waals surface area contributed by atoms with Gasteiger partial charge in [0.1, 0.15) is 0 Å². The van der Waals surface area contributed by atoms with Crippen LogP contribution < -0.4 is 5.32 Å². The molecule has 0 aliphatic rings. The molecule has 1 unspecified atom stereocenters. The van der Waals surface area contributed by atoms with Crippen molar-refractivity contribution in [3.63, 3.8) is 0 Å². The zero-order valence-corrected chi connectivity index (χ0v) is 13.2. The number of aliphatic carboxylic acids is 1. The minimum absolute atomic E-state index is 0.00661. The number of carbonyl (C=O) groups excluding carboxylic acids is 1. The molecule has 1 atom stereocenters. The molecule has 0 heterocycles. The monoisotopic (exact) mass is 271 g/mol. The number of amides is 1. The van der Waals surface area contributed by atoms with Crippen molar-refractivity contribution in [2.75, 3.05) is 0 Å². The molecule has 0 aliphatic carbocycles. The van der Waals surface area contributed by atoms with Gasteiger partial charge >= 0.3 is 5.97 Å². The van der Waals surface area contributed by atoms with E-state index in [9.17, 15) is 9.59 Å². The van der Waals surface area contributed by atoms with Crippen molar-refractivity contribution in [2.24, 2.45) is 11.3 Å². The number of carboxylic acids is 1. The average molecular weight is 271 g/mol. The Morgan fingerprint density at radius 1 is 1.16 bits per heavy atom. The Morgan fingerprint density at radius 2 is 1.68 bits per heavy atom. The van der Waals surface area contributed by atoms with Gasteiger partial charge in [0.2, 0.25) is 5.91 Å². The standard InChI is InChI=1S/C15H29NO3/c1-11(10-14(2,3)4)9-12(17)16-15(5,6)8-7-13(18)19/h11H,7-10H2,1-6H3,(H,16,17)(H,18,19). The van der Waals surface area contributed by atoms with Crippen molar-refractivity contribution in [3.05, 3.63) is 0 Å². The van der Waals surface area contributed by atoms with Gasteiger partial charge in [0, 0.05) is 18.4 Å². The predicted octanol–water partition coefficient (Wildman–Crippen LogP) is 3.21. The van der Waals surface area contributed by atoms with Crippen molar-refractivity contribution in [1.82, 2.24) is 5.32 Å². The van der Waals surface area contributed by atoms with Gasteiger partial charge in [-0.15, -0.1) is 0 Å². The number of carbonyl (C=O) groups is 2. The van der Waals surface area contributed by atoms with E-state index in [1.165, 1.54) is 0 Å². The summed E-state index contributed by atoms with van der Waals surface area (Å²) in [5.41, 5.74) is -0.241. The second-order valence-electron chi connectivity index (χ2n) is 7.40. The summed E-state index contributed by atoms with van der Waals surface area (Å²) in [5, 5.41) is 11.6. The summed E-state index contributed by atoms with van der Waals surface area (Å²) >= 11 is 0. The van der Waals surface area contributed by atoms with Gasteiger partial charge in [-0.1, -0.05) is 27.7 Å². The van der Waals surface area contributed by atoms with Crippen LogP contribution in [0.5, 0.6) is 0 Å². The van der Waals surface area contributed by atoms with Crippen LogP contribution in [0.1, 0.15) is 67.2 Å². The van der Waals surface area contributed by atoms with Crippen LogP contribution >= 0.6 is 0 Å². The summed E-state index contributed by atoms with van der Waals surface area (Å²) in [6.07, 6.45) is 2.01. The van der Waals surface area contributed by atoms with Crippen LogP contribution in [0.4, 0.5) is 0 Å². The molecular weight excluding hydrogens is 242 g/mol. The number of hydrogen-bond acceptors (Lipinski definition) is 2. The summed E-state index contributed by atoms with van der Waals surface area (Å²) in [4.78, 5) is 22.5. The first kappa shape index (κ1) is 17.9. The zero-order chi connectivity index (χ0) is 15.3.